The lowest BCUT2D eigenvalue weighted by Gasteiger charge is -2.08. The largest absolute Gasteiger partial charge is 0.490 e. The van der Waals surface area contributed by atoms with Crippen LogP contribution in [0.4, 0.5) is 5.69 Å². The minimum atomic E-state index is -0.507. The van der Waals surface area contributed by atoms with Gasteiger partial charge in [-0.2, -0.15) is 0 Å². The van der Waals surface area contributed by atoms with E-state index in [1.807, 2.05) is 0 Å². The maximum atomic E-state index is 10.7. The monoisotopic (exact) mass is 210 g/mol. The van der Waals surface area contributed by atoms with Gasteiger partial charge in [-0.1, -0.05) is 13.0 Å². The van der Waals surface area contributed by atoms with Crippen LogP contribution in [0.25, 0.3) is 0 Å². The lowest BCUT2D eigenvalue weighted by molar-refractivity contribution is -0.385. The fraction of sp³-hybridized carbons (Fsp3) is 0.300. The number of nitro benzene ring substituents is 1. The van der Waals surface area contributed by atoms with Crippen LogP contribution in [0, 0.1) is 16.0 Å². The highest BCUT2D eigenvalue weighted by Gasteiger charge is 2.17. The molecule has 1 aromatic rings. The molecule has 1 radical (unpaired) electrons. The van der Waals surface area contributed by atoms with Gasteiger partial charge < -0.3 is 9.84 Å². The first-order valence-corrected chi connectivity index (χ1v) is 4.36. The summed E-state index contributed by atoms with van der Waals surface area (Å²) in [5, 5.41) is 19.6. The molecule has 0 unspecified atom stereocenters. The SMILES string of the molecule is COc1ccc([C](C)CO)cc1[N+](=O)[O-]. The third-order valence-electron chi connectivity index (χ3n) is 2.11. The number of hydrogen-bond acceptors (Lipinski definition) is 4. The molecular formula is C10H12NO4. The van der Waals surface area contributed by atoms with Gasteiger partial charge in [0.25, 0.3) is 0 Å². The second kappa shape index (κ2) is 4.75. The predicted molar refractivity (Wildman–Crippen MR) is 54.8 cm³/mol. The van der Waals surface area contributed by atoms with E-state index < -0.39 is 4.92 Å². The zero-order valence-corrected chi connectivity index (χ0v) is 8.56. The standard InChI is InChI=1S/C10H12NO4/c1-7(6-12)8-3-4-10(15-2)9(5-8)11(13)14/h3-5,12H,6H2,1-2H3. The summed E-state index contributed by atoms with van der Waals surface area (Å²) in [5.74, 6) is 0.898. The maximum Gasteiger partial charge on any atom is 0.311 e. The van der Waals surface area contributed by atoms with E-state index in [4.69, 9.17) is 9.84 Å². The first kappa shape index (κ1) is 11.5. The van der Waals surface area contributed by atoms with Crippen molar-refractivity contribution in [2.75, 3.05) is 13.7 Å². The first-order valence-electron chi connectivity index (χ1n) is 4.36. The lowest BCUT2D eigenvalue weighted by atomic mass is 10.0. The molecular weight excluding hydrogens is 198 g/mol. The molecule has 0 saturated heterocycles. The molecule has 0 fully saturated rings. The van der Waals surface area contributed by atoms with E-state index in [1.165, 1.54) is 19.2 Å². The number of aliphatic hydroxyl groups excluding tert-OH is 1. The van der Waals surface area contributed by atoms with Crippen LogP contribution in [0.2, 0.25) is 0 Å². The van der Waals surface area contributed by atoms with Gasteiger partial charge in [0.2, 0.25) is 0 Å². The Hall–Kier alpha value is -1.62. The van der Waals surface area contributed by atoms with E-state index in [1.54, 1.807) is 13.0 Å². The third kappa shape index (κ3) is 2.44. The van der Waals surface area contributed by atoms with Crippen LogP contribution in [-0.4, -0.2) is 23.7 Å². The number of hydrogen-bond donors (Lipinski definition) is 1. The molecule has 15 heavy (non-hydrogen) atoms. The van der Waals surface area contributed by atoms with E-state index in [-0.39, 0.29) is 18.0 Å². The van der Waals surface area contributed by atoms with Crippen LogP contribution in [0.1, 0.15) is 12.5 Å². The molecule has 0 heterocycles. The minimum Gasteiger partial charge on any atom is -0.490 e. The zero-order valence-electron chi connectivity index (χ0n) is 8.56. The van der Waals surface area contributed by atoms with Crippen molar-refractivity contribution in [3.63, 3.8) is 0 Å². The van der Waals surface area contributed by atoms with Gasteiger partial charge >= 0.3 is 5.69 Å². The average molecular weight is 210 g/mol. The van der Waals surface area contributed by atoms with Crippen molar-refractivity contribution in [3.8, 4) is 5.75 Å². The summed E-state index contributed by atoms with van der Waals surface area (Å²) >= 11 is 0. The van der Waals surface area contributed by atoms with Gasteiger partial charge in [-0.05, 0) is 11.6 Å². The van der Waals surface area contributed by atoms with Crippen molar-refractivity contribution in [1.82, 2.24) is 0 Å². The Bertz CT molecular complexity index is 364. The molecule has 5 nitrogen and oxygen atoms in total. The van der Waals surface area contributed by atoms with Crippen molar-refractivity contribution < 1.29 is 14.8 Å². The molecule has 0 spiro atoms. The van der Waals surface area contributed by atoms with Gasteiger partial charge in [0.15, 0.2) is 5.75 Å². The molecule has 0 aliphatic carbocycles. The van der Waals surface area contributed by atoms with Gasteiger partial charge in [-0.15, -0.1) is 0 Å². The fourth-order valence-electron chi connectivity index (χ4n) is 1.19. The molecule has 0 saturated carbocycles. The summed E-state index contributed by atoms with van der Waals surface area (Å²) in [4.78, 5) is 10.2. The molecule has 0 aromatic heterocycles. The number of nitro groups is 1. The fourth-order valence-corrected chi connectivity index (χ4v) is 1.19. The average Bonchev–Trinajstić information content (AvgIpc) is 2.27. The van der Waals surface area contributed by atoms with Crippen molar-refractivity contribution in [2.45, 2.75) is 6.92 Å². The van der Waals surface area contributed by atoms with Crippen LogP contribution < -0.4 is 4.74 Å². The quantitative estimate of drug-likeness (QED) is 0.604. The Morgan fingerprint density at radius 3 is 2.73 bits per heavy atom. The van der Waals surface area contributed by atoms with Crippen molar-refractivity contribution >= 4 is 5.69 Å². The Morgan fingerprint density at radius 2 is 2.27 bits per heavy atom. The van der Waals surface area contributed by atoms with Gasteiger partial charge in [-0.3, -0.25) is 10.1 Å². The molecule has 81 valence electrons. The van der Waals surface area contributed by atoms with Gasteiger partial charge in [0, 0.05) is 12.0 Å². The summed E-state index contributed by atoms with van der Waals surface area (Å²) < 4.78 is 4.86. The van der Waals surface area contributed by atoms with Crippen LogP contribution in [0.5, 0.6) is 5.75 Å². The lowest BCUT2D eigenvalue weighted by Crippen LogP contribution is -2.02. The summed E-state index contributed by atoms with van der Waals surface area (Å²) in [6.45, 7) is 1.59. The third-order valence-corrected chi connectivity index (χ3v) is 2.11. The first-order chi connectivity index (χ1) is 7.10. The summed E-state index contributed by atoms with van der Waals surface area (Å²) in [5.41, 5.74) is 0.549. The van der Waals surface area contributed by atoms with Crippen molar-refractivity contribution in [1.29, 1.82) is 0 Å². The number of ether oxygens (including phenoxy) is 1. The molecule has 1 rings (SSSR count). The van der Waals surface area contributed by atoms with Gasteiger partial charge in [0.05, 0.1) is 18.6 Å². The van der Waals surface area contributed by atoms with E-state index in [0.717, 1.165) is 0 Å². The molecule has 1 N–H and O–H groups in total. The van der Waals surface area contributed by atoms with E-state index >= 15 is 0 Å². The number of rotatable bonds is 4. The normalized spacial score (nSPS) is 10.4. The molecule has 0 amide bonds. The highest BCUT2D eigenvalue weighted by molar-refractivity contribution is 5.51. The Morgan fingerprint density at radius 1 is 1.60 bits per heavy atom. The van der Waals surface area contributed by atoms with Crippen LogP contribution in [-0.2, 0) is 0 Å². The Balaban J connectivity index is 3.16. The van der Waals surface area contributed by atoms with E-state index in [2.05, 4.69) is 0 Å². The number of aliphatic hydroxyl groups is 1. The van der Waals surface area contributed by atoms with Crippen molar-refractivity contribution in [3.05, 3.63) is 39.8 Å². The topological polar surface area (TPSA) is 72.6 Å². The molecule has 0 aliphatic heterocycles. The Kier molecular flexibility index (Phi) is 3.62. The van der Waals surface area contributed by atoms with Crippen LogP contribution in [0.3, 0.4) is 0 Å². The van der Waals surface area contributed by atoms with E-state index in [0.29, 0.717) is 11.5 Å². The van der Waals surface area contributed by atoms with Gasteiger partial charge in [-0.25, -0.2) is 0 Å². The molecule has 0 aliphatic rings. The second-order valence-electron chi connectivity index (χ2n) is 3.08. The molecule has 0 bridgehead atoms. The number of nitrogens with zero attached hydrogens (tertiary/aromatic N) is 1. The highest BCUT2D eigenvalue weighted by atomic mass is 16.6. The number of benzene rings is 1. The number of methoxy groups -OCH3 is 1. The van der Waals surface area contributed by atoms with Crippen LogP contribution in [0.15, 0.2) is 18.2 Å². The molecule has 1 aromatic carbocycles. The highest BCUT2D eigenvalue weighted by Crippen LogP contribution is 2.29. The smallest absolute Gasteiger partial charge is 0.311 e. The predicted octanol–water partition coefficient (Wildman–Crippen LogP) is 1.54. The summed E-state index contributed by atoms with van der Waals surface area (Å²) in [6, 6.07) is 4.59. The summed E-state index contributed by atoms with van der Waals surface area (Å²) in [7, 11) is 1.38. The Labute approximate surface area is 87.5 Å². The summed E-state index contributed by atoms with van der Waals surface area (Å²) in [6.07, 6.45) is 0. The van der Waals surface area contributed by atoms with Crippen LogP contribution >= 0.6 is 0 Å². The minimum absolute atomic E-state index is 0.0946. The second-order valence-corrected chi connectivity index (χ2v) is 3.08. The molecule has 5 heteroatoms. The molecule has 0 atom stereocenters. The van der Waals surface area contributed by atoms with E-state index in [9.17, 15) is 10.1 Å². The van der Waals surface area contributed by atoms with Crippen molar-refractivity contribution in [2.24, 2.45) is 0 Å². The maximum absolute atomic E-state index is 10.7. The van der Waals surface area contributed by atoms with Gasteiger partial charge in [0.1, 0.15) is 0 Å². The zero-order chi connectivity index (χ0) is 11.4.